The summed E-state index contributed by atoms with van der Waals surface area (Å²) < 4.78 is 12.8. The molecule has 1 aliphatic heterocycles. The molecule has 37 heavy (non-hydrogen) atoms. The van der Waals surface area contributed by atoms with Crippen molar-refractivity contribution in [1.29, 1.82) is 0 Å². The molecule has 0 radical (unpaired) electrons. The normalized spacial score (nSPS) is 14.2. The lowest BCUT2D eigenvalue weighted by molar-refractivity contribution is 0.0697. The standard InChI is InChI=1S/C30H30N2O5/c1-19(2)36-25-12-11-22-27(33)26(20-9-5-3-6-10-20)29(21-13-14-31-17-23(21)30(34)35)37-28(22)24(25)18-32-15-7-4-8-16-32/h3,5-6,9-14,17,19H,4,7-8,15-16,18H2,1-2H3,(H,34,35). The summed E-state index contributed by atoms with van der Waals surface area (Å²) in [5, 5.41) is 10.3. The van der Waals surface area contributed by atoms with Crippen LogP contribution in [0.25, 0.3) is 33.4 Å². The summed E-state index contributed by atoms with van der Waals surface area (Å²) in [5.41, 5.74) is 2.26. The summed E-state index contributed by atoms with van der Waals surface area (Å²) in [6, 6.07) is 14.4. The summed E-state index contributed by atoms with van der Waals surface area (Å²) in [5.74, 6) is -0.261. The Balaban J connectivity index is 1.84. The van der Waals surface area contributed by atoms with E-state index < -0.39 is 5.97 Å². The number of rotatable bonds is 7. The van der Waals surface area contributed by atoms with Crippen LogP contribution in [-0.4, -0.2) is 40.2 Å². The van der Waals surface area contributed by atoms with E-state index in [2.05, 4.69) is 9.88 Å². The van der Waals surface area contributed by atoms with E-state index in [0.717, 1.165) is 31.5 Å². The van der Waals surface area contributed by atoms with Gasteiger partial charge in [-0.25, -0.2) is 4.79 Å². The van der Waals surface area contributed by atoms with Crippen LogP contribution in [0.3, 0.4) is 0 Å². The topological polar surface area (TPSA) is 92.9 Å². The molecule has 1 fully saturated rings. The van der Waals surface area contributed by atoms with Gasteiger partial charge in [0.1, 0.15) is 17.1 Å². The number of ether oxygens (including phenoxy) is 1. The molecule has 0 aliphatic carbocycles. The summed E-state index contributed by atoms with van der Waals surface area (Å²) in [7, 11) is 0. The van der Waals surface area contributed by atoms with Crippen molar-refractivity contribution in [1.82, 2.24) is 9.88 Å². The van der Waals surface area contributed by atoms with Gasteiger partial charge in [-0.15, -0.1) is 0 Å². The lowest BCUT2D eigenvalue weighted by Crippen LogP contribution is -2.29. The maximum atomic E-state index is 14.1. The number of pyridine rings is 1. The molecule has 5 rings (SSSR count). The van der Waals surface area contributed by atoms with Gasteiger partial charge in [0.05, 0.1) is 28.2 Å². The van der Waals surface area contributed by atoms with Crippen LogP contribution in [0.1, 0.15) is 49.0 Å². The maximum absolute atomic E-state index is 14.1. The Labute approximate surface area is 215 Å². The quantitative estimate of drug-likeness (QED) is 0.334. The molecule has 1 saturated heterocycles. The monoisotopic (exact) mass is 498 g/mol. The summed E-state index contributed by atoms with van der Waals surface area (Å²) in [6.45, 7) is 6.43. The van der Waals surface area contributed by atoms with Gasteiger partial charge < -0.3 is 14.3 Å². The average molecular weight is 499 g/mol. The van der Waals surface area contributed by atoms with Crippen molar-refractivity contribution in [2.24, 2.45) is 0 Å². The fourth-order valence-corrected chi connectivity index (χ4v) is 4.97. The molecule has 0 unspecified atom stereocenters. The van der Waals surface area contributed by atoms with Gasteiger partial charge in [-0.3, -0.25) is 14.7 Å². The number of carboxylic acids is 1. The highest BCUT2D eigenvalue weighted by Crippen LogP contribution is 2.38. The van der Waals surface area contributed by atoms with E-state index in [4.69, 9.17) is 9.15 Å². The first kappa shape index (κ1) is 24.7. The van der Waals surface area contributed by atoms with Crippen LogP contribution in [0.5, 0.6) is 5.75 Å². The van der Waals surface area contributed by atoms with Gasteiger partial charge in [0.2, 0.25) is 5.43 Å². The van der Waals surface area contributed by atoms with E-state index >= 15 is 0 Å². The predicted molar refractivity (Wildman–Crippen MR) is 143 cm³/mol. The molecular formula is C30H30N2O5. The number of fused-ring (bicyclic) bond motifs is 1. The Morgan fingerprint density at radius 2 is 1.84 bits per heavy atom. The highest BCUT2D eigenvalue weighted by molar-refractivity contribution is 5.99. The van der Waals surface area contributed by atoms with Gasteiger partial charge in [0, 0.05) is 24.5 Å². The third-order valence-electron chi connectivity index (χ3n) is 6.67. The minimum Gasteiger partial charge on any atom is -0.491 e. The van der Waals surface area contributed by atoms with E-state index in [-0.39, 0.29) is 22.9 Å². The zero-order valence-corrected chi connectivity index (χ0v) is 21.1. The van der Waals surface area contributed by atoms with Crippen molar-refractivity contribution in [3.63, 3.8) is 0 Å². The lowest BCUT2D eigenvalue weighted by atomic mass is 9.95. The van der Waals surface area contributed by atoms with Crippen LogP contribution in [0.4, 0.5) is 0 Å². The number of aromatic nitrogens is 1. The molecule has 7 nitrogen and oxygen atoms in total. The molecule has 1 N–H and O–H groups in total. The van der Waals surface area contributed by atoms with Crippen molar-refractivity contribution in [2.45, 2.75) is 45.8 Å². The largest absolute Gasteiger partial charge is 0.491 e. The Kier molecular flexibility index (Phi) is 7.06. The van der Waals surface area contributed by atoms with Gasteiger partial charge in [-0.2, -0.15) is 0 Å². The molecule has 4 aromatic rings. The number of aromatic carboxylic acids is 1. The van der Waals surface area contributed by atoms with E-state index in [1.165, 1.54) is 18.8 Å². The average Bonchev–Trinajstić information content (AvgIpc) is 2.90. The predicted octanol–water partition coefficient (Wildman–Crippen LogP) is 5.99. The molecule has 0 bridgehead atoms. The second kappa shape index (κ2) is 10.6. The summed E-state index contributed by atoms with van der Waals surface area (Å²) in [4.78, 5) is 32.6. The van der Waals surface area contributed by atoms with Crippen LogP contribution in [0, 0.1) is 0 Å². The summed E-state index contributed by atoms with van der Waals surface area (Å²) >= 11 is 0. The van der Waals surface area contributed by atoms with E-state index in [1.54, 1.807) is 12.1 Å². The number of hydrogen-bond donors (Lipinski definition) is 1. The number of piperidine rings is 1. The highest BCUT2D eigenvalue weighted by atomic mass is 16.5. The number of carbonyl (C=O) groups is 1. The van der Waals surface area contributed by atoms with E-state index in [1.807, 2.05) is 50.2 Å². The SMILES string of the molecule is CC(C)Oc1ccc2c(=O)c(-c3ccccc3)c(-c3ccncc3C(=O)O)oc2c1CN1CCCCC1. The Morgan fingerprint density at radius 3 is 2.54 bits per heavy atom. The van der Waals surface area contributed by atoms with Gasteiger partial charge in [-0.1, -0.05) is 36.8 Å². The van der Waals surface area contributed by atoms with Gasteiger partial charge in [0.25, 0.3) is 0 Å². The first-order chi connectivity index (χ1) is 17.9. The fourth-order valence-electron chi connectivity index (χ4n) is 4.97. The minimum absolute atomic E-state index is 0.0330. The molecule has 190 valence electrons. The minimum atomic E-state index is -1.14. The Hall–Kier alpha value is -3.97. The molecule has 0 saturated carbocycles. The Bertz CT molecular complexity index is 1490. The zero-order chi connectivity index (χ0) is 25.9. The number of hydrogen-bond acceptors (Lipinski definition) is 6. The van der Waals surface area contributed by atoms with Crippen molar-refractivity contribution < 1.29 is 19.1 Å². The second-order valence-electron chi connectivity index (χ2n) is 9.65. The maximum Gasteiger partial charge on any atom is 0.338 e. The van der Waals surface area contributed by atoms with Crippen LogP contribution < -0.4 is 10.2 Å². The molecule has 2 aromatic carbocycles. The first-order valence-corrected chi connectivity index (χ1v) is 12.7. The first-order valence-electron chi connectivity index (χ1n) is 12.7. The fraction of sp³-hybridized carbons (Fsp3) is 0.300. The second-order valence-corrected chi connectivity index (χ2v) is 9.65. The van der Waals surface area contributed by atoms with Gasteiger partial charge in [-0.05, 0) is 63.5 Å². The third kappa shape index (κ3) is 5.00. The van der Waals surface area contributed by atoms with E-state index in [9.17, 15) is 14.7 Å². The van der Waals surface area contributed by atoms with Crippen LogP contribution >= 0.6 is 0 Å². The smallest absolute Gasteiger partial charge is 0.338 e. The van der Waals surface area contributed by atoms with Crippen LogP contribution in [0.15, 0.2) is 70.1 Å². The highest BCUT2D eigenvalue weighted by Gasteiger charge is 2.25. The van der Waals surface area contributed by atoms with Gasteiger partial charge in [0.15, 0.2) is 0 Å². The zero-order valence-electron chi connectivity index (χ0n) is 21.1. The lowest BCUT2D eigenvalue weighted by Gasteiger charge is -2.28. The molecular weight excluding hydrogens is 468 g/mol. The molecule has 0 amide bonds. The molecule has 0 atom stereocenters. The molecule has 2 aromatic heterocycles. The van der Waals surface area contributed by atoms with Crippen molar-refractivity contribution in [3.8, 4) is 28.2 Å². The summed E-state index contributed by atoms with van der Waals surface area (Å²) in [6.07, 6.45) is 6.18. The third-order valence-corrected chi connectivity index (χ3v) is 6.67. The number of benzene rings is 2. The van der Waals surface area contributed by atoms with E-state index in [0.29, 0.717) is 40.0 Å². The molecule has 1 aliphatic rings. The van der Waals surface area contributed by atoms with Crippen molar-refractivity contribution in [3.05, 3.63) is 82.3 Å². The molecule has 7 heteroatoms. The number of carboxylic acid groups (broad SMARTS) is 1. The molecule has 3 heterocycles. The molecule has 0 spiro atoms. The van der Waals surface area contributed by atoms with Crippen LogP contribution in [0.2, 0.25) is 0 Å². The van der Waals surface area contributed by atoms with Gasteiger partial charge >= 0.3 is 5.97 Å². The Morgan fingerprint density at radius 1 is 1.08 bits per heavy atom. The van der Waals surface area contributed by atoms with Crippen molar-refractivity contribution >= 4 is 16.9 Å². The van der Waals surface area contributed by atoms with Crippen molar-refractivity contribution in [2.75, 3.05) is 13.1 Å². The number of likely N-dealkylation sites (tertiary alicyclic amines) is 1. The van der Waals surface area contributed by atoms with Crippen LogP contribution in [-0.2, 0) is 6.54 Å². The number of nitrogens with zero attached hydrogens (tertiary/aromatic N) is 2.